The number of fused-ring (bicyclic) bond motifs is 3. The molecular weight excluding hydrogens is 536 g/mol. The average molecular weight is 559 g/mol. The number of nitrogens with zero attached hydrogens (tertiary/aromatic N) is 2. The van der Waals surface area contributed by atoms with Crippen molar-refractivity contribution in [3.63, 3.8) is 0 Å². The molecule has 1 unspecified atom stereocenters. The molecule has 2 aliphatic rings. The molecule has 180 valence electrons. The van der Waals surface area contributed by atoms with Crippen LogP contribution in [0.5, 0.6) is 11.5 Å². The number of hydrogen-bond donors (Lipinski definition) is 0. The minimum absolute atomic E-state index is 0.0380. The molecule has 0 radical (unpaired) electrons. The standard InChI is InChI=1S/C29H23BrN2O3S/c1-34-23-15-17(14-22(30)27(23)35-2)16-24-28(33)32-26(19-9-4-3-5-10-19)21-13-12-18-8-6-7-11-20(18)25(21)31-29(32)36-24/h3-11,14-16,26H,12-13H2,1-2H3. The summed E-state index contributed by atoms with van der Waals surface area (Å²) in [4.78, 5) is 19.7. The van der Waals surface area contributed by atoms with Crippen LogP contribution in [0.4, 0.5) is 0 Å². The van der Waals surface area contributed by atoms with Crippen LogP contribution in [0.3, 0.4) is 0 Å². The molecule has 3 aromatic carbocycles. The summed E-state index contributed by atoms with van der Waals surface area (Å²) < 4.78 is 14.2. The zero-order chi connectivity index (χ0) is 24.8. The summed E-state index contributed by atoms with van der Waals surface area (Å²) >= 11 is 4.98. The van der Waals surface area contributed by atoms with Gasteiger partial charge in [-0.15, -0.1) is 0 Å². The van der Waals surface area contributed by atoms with Crippen molar-refractivity contribution in [1.29, 1.82) is 0 Å². The number of aryl methyl sites for hydroxylation is 1. The lowest BCUT2D eigenvalue weighted by atomic mass is 9.83. The van der Waals surface area contributed by atoms with Crippen LogP contribution in [-0.4, -0.2) is 18.8 Å². The molecule has 0 fully saturated rings. The summed E-state index contributed by atoms with van der Waals surface area (Å²) in [6, 6.07) is 22.4. The van der Waals surface area contributed by atoms with E-state index in [1.165, 1.54) is 28.0 Å². The molecule has 0 saturated heterocycles. The van der Waals surface area contributed by atoms with Crippen LogP contribution in [0.15, 0.2) is 86.6 Å². The molecule has 0 saturated carbocycles. The van der Waals surface area contributed by atoms with Gasteiger partial charge in [0.25, 0.3) is 5.56 Å². The highest BCUT2D eigenvalue weighted by molar-refractivity contribution is 9.10. The van der Waals surface area contributed by atoms with Gasteiger partial charge < -0.3 is 9.47 Å². The van der Waals surface area contributed by atoms with E-state index in [1.807, 2.05) is 41.0 Å². The minimum Gasteiger partial charge on any atom is -0.493 e. The number of allylic oxidation sites excluding steroid dienone is 1. The molecule has 0 bridgehead atoms. The van der Waals surface area contributed by atoms with E-state index in [1.54, 1.807) is 14.2 Å². The van der Waals surface area contributed by atoms with Crippen molar-refractivity contribution in [3.8, 4) is 11.5 Å². The van der Waals surface area contributed by atoms with Gasteiger partial charge in [0, 0.05) is 5.56 Å². The Hall–Kier alpha value is -3.42. The lowest BCUT2D eigenvalue weighted by molar-refractivity contribution is 0.353. The quantitative estimate of drug-likeness (QED) is 0.350. The Balaban J connectivity index is 1.59. The van der Waals surface area contributed by atoms with Crippen molar-refractivity contribution in [2.75, 3.05) is 14.2 Å². The highest BCUT2D eigenvalue weighted by Crippen LogP contribution is 2.41. The zero-order valence-corrected chi connectivity index (χ0v) is 22.2. The molecule has 5 nitrogen and oxygen atoms in total. The van der Waals surface area contributed by atoms with E-state index in [0.717, 1.165) is 38.9 Å². The van der Waals surface area contributed by atoms with Crippen LogP contribution in [0.25, 0.3) is 11.8 Å². The second kappa shape index (κ2) is 9.22. The molecule has 7 heteroatoms. The fourth-order valence-electron chi connectivity index (χ4n) is 5.13. The lowest BCUT2D eigenvalue weighted by Crippen LogP contribution is -2.38. The monoisotopic (exact) mass is 558 g/mol. The zero-order valence-electron chi connectivity index (χ0n) is 19.8. The fourth-order valence-corrected chi connectivity index (χ4v) is 6.75. The van der Waals surface area contributed by atoms with Crippen molar-refractivity contribution in [2.24, 2.45) is 4.99 Å². The first-order chi connectivity index (χ1) is 17.6. The maximum Gasteiger partial charge on any atom is 0.271 e. The third-order valence-corrected chi connectivity index (χ3v) is 8.31. The van der Waals surface area contributed by atoms with E-state index in [4.69, 9.17) is 14.5 Å². The molecule has 0 spiro atoms. The van der Waals surface area contributed by atoms with E-state index in [9.17, 15) is 4.79 Å². The smallest absolute Gasteiger partial charge is 0.271 e. The number of aromatic nitrogens is 1. The van der Waals surface area contributed by atoms with Gasteiger partial charge in [0.15, 0.2) is 16.3 Å². The van der Waals surface area contributed by atoms with Gasteiger partial charge >= 0.3 is 0 Å². The van der Waals surface area contributed by atoms with Gasteiger partial charge in [0.1, 0.15) is 0 Å². The Labute approximate surface area is 220 Å². The first-order valence-corrected chi connectivity index (χ1v) is 13.3. The van der Waals surface area contributed by atoms with E-state index < -0.39 is 0 Å². The maximum absolute atomic E-state index is 13.9. The largest absolute Gasteiger partial charge is 0.493 e. The molecule has 0 amide bonds. The Kier molecular flexibility index (Phi) is 5.90. The average Bonchev–Trinajstić information content (AvgIpc) is 3.21. The second-order valence-electron chi connectivity index (χ2n) is 8.76. The van der Waals surface area contributed by atoms with Crippen LogP contribution in [-0.2, 0) is 6.42 Å². The van der Waals surface area contributed by atoms with Gasteiger partial charge in [-0.3, -0.25) is 9.36 Å². The molecule has 6 rings (SSSR count). The topological polar surface area (TPSA) is 52.8 Å². The normalized spacial score (nSPS) is 16.6. The van der Waals surface area contributed by atoms with Gasteiger partial charge in [-0.1, -0.05) is 65.9 Å². The number of benzene rings is 3. The van der Waals surface area contributed by atoms with Crippen LogP contribution in [0.1, 0.15) is 34.7 Å². The first-order valence-electron chi connectivity index (χ1n) is 11.7. The van der Waals surface area contributed by atoms with Gasteiger partial charge in [0.05, 0.1) is 35.0 Å². The molecular formula is C29H23BrN2O3S. The Morgan fingerprint density at radius 3 is 2.58 bits per heavy atom. The molecule has 1 aliphatic heterocycles. The third kappa shape index (κ3) is 3.74. The summed E-state index contributed by atoms with van der Waals surface area (Å²) in [6.45, 7) is 0. The summed E-state index contributed by atoms with van der Waals surface area (Å²) in [5, 5.41) is 0. The van der Waals surface area contributed by atoms with Gasteiger partial charge in [-0.25, -0.2) is 4.99 Å². The third-order valence-electron chi connectivity index (χ3n) is 6.74. The van der Waals surface area contributed by atoms with Crippen LogP contribution < -0.4 is 24.4 Å². The van der Waals surface area contributed by atoms with Crippen molar-refractivity contribution in [1.82, 2.24) is 4.57 Å². The number of ether oxygens (including phenoxy) is 2. The summed E-state index contributed by atoms with van der Waals surface area (Å²) in [5.41, 5.74) is 6.59. The summed E-state index contributed by atoms with van der Waals surface area (Å²) in [5.74, 6) is 1.21. The SMILES string of the molecule is COc1cc(C=c2sc3n(c2=O)C(c2ccccc2)C2=C(N=3)c3ccccc3CC2)cc(Br)c1OC. The molecule has 36 heavy (non-hydrogen) atoms. The van der Waals surface area contributed by atoms with Gasteiger partial charge in [0.2, 0.25) is 0 Å². The Morgan fingerprint density at radius 1 is 1.03 bits per heavy atom. The second-order valence-corrected chi connectivity index (χ2v) is 10.6. The number of hydrogen-bond acceptors (Lipinski definition) is 5. The number of thiazole rings is 1. The lowest BCUT2D eigenvalue weighted by Gasteiger charge is -2.30. The molecule has 1 aromatic heterocycles. The van der Waals surface area contributed by atoms with Crippen molar-refractivity contribution >= 4 is 39.0 Å². The number of rotatable bonds is 4. The Bertz CT molecular complexity index is 1700. The van der Waals surface area contributed by atoms with Crippen LogP contribution >= 0.6 is 27.3 Å². The summed E-state index contributed by atoms with van der Waals surface area (Å²) in [7, 11) is 3.20. The van der Waals surface area contributed by atoms with Crippen molar-refractivity contribution in [2.45, 2.75) is 18.9 Å². The highest BCUT2D eigenvalue weighted by Gasteiger charge is 2.32. The van der Waals surface area contributed by atoms with Crippen LogP contribution in [0.2, 0.25) is 0 Å². The summed E-state index contributed by atoms with van der Waals surface area (Å²) in [6.07, 6.45) is 3.72. The fraction of sp³-hybridized carbons (Fsp3) is 0.172. The number of halogens is 1. The van der Waals surface area contributed by atoms with E-state index in [0.29, 0.717) is 16.0 Å². The Morgan fingerprint density at radius 2 is 1.81 bits per heavy atom. The highest BCUT2D eigenvalue weighted by atomic mass is 79.9. The van der Waals surface area contributed by atoms with E-state index in [2.05, 4.69) is 52.3 Å². The molecule has 4 aromatic rings. The molecule has 0 N–H and O–H groups in total. The first kappa shape index (κ1) is 23.0. The number of methoxy groups -OCH3 is 2. The molecule has 2 heterocycles. The van der Waals surface area contributed by atoms with Crippen molar-refractivity contribution in [3.05, 3.63) is 119 Å². The minimum atomic E-state index is -0.176. The van der Waals surface area contributed by atoms with Crippen molar-refractivity contribution < 1.29 is 9.47 Å². The predicted octanol–water partition coefficient (Wildman–Crippen LogP) is 5.10. The van der Waals surface area contributed by atoms with E-state index >= 15 is 0 Å². The van der Waals surface area contributed by atoms with Gasteiger partial charge in [-0.2, -0.15) is 0 Å². The predicted molar refractivity (Wildman–Crippen MR) is 146 cm³/mol. The molecule has 1 atom stereocenters. The van der Waals surface area contributed by atoms with Crippen LogP contribution in [0, 0.1) is 0 Å². The van der Waals surface area contributed by atoms with E-state index in [-0.39, 0.29) is 11.6 Å². The maximum atomic E-state index is 13.9. The van der Waals surface area contributed by atoms with Gasteiger partial charge in [-0.05, 0) is 69.2 Å². The molecule has 1 aliphatic carbocycles.